The monoisotopic (exact) mass is 302 g/mol. The average molecular weight is 302 g/mol. The van der Waals surface area contributed by atoms with E-state index in [1.807, 2.05) is 26.0 Å². The van der Waals surface area contributed by atoms with Crippen LogP contribution < -0.4 is 16.0 Å². The van der Waals surface area contributed by atoms with Gasteiger partial charge in [-0.15, -0.1) is 0 Å². The lowest BCUT2D eigenvalue weighted by molar-refractivity contribution is 0.292. The number of anilines is 4. The van der Waals surface area contributed by atoms with Crippen molar-refractivity contribution in [3.8, 4) is 0 Å². The number of benzene rings is 1. The Morgan fingerprint density at radius 2 is 1.59 bits per heavy atom. The summed E-state index contributed by atoms with van der Waals surface area (Å²) in [5, 5.41) is 18.0. The van der Waals surface area contributed by atoms with Crippen molar-refractivity contribution < 1.29 is 5.11 Å². The van der Waals surface area contributed by atoms with Gasteiger partial charge < -0.3 is 21.1 Å². The smallest absolute Gasteiger partial charge is 0.233 e. The number of nitrogens with zero attached hydrogens (tertiary/aromatic N) is 3. The molecule has 0 aliphatic heterocycles. The van der Waals surface area contributed by atoms with Crippen LogP contribution in [0.4, 0.5) is 23.5 Å². The molecule has 0 bridgehead atoms. The number of hydrogen-bond acceptors (Lipinski definition) is 7. The number of aliphatic hydroxyl groups is 1. The van der Waals surface area contributed by atoms with Gasteiger partial charge in [-0.2, -0.15) is 15.0 Å². The molecule has 0 fully saturated rings. The second-order valence-corrected chi connectivity index (χ2v) is 5.06. The largest absolute Gasteiger partial charge is 0.396 e. The normalized spacial score (nSPS) is 10.4. The van der Waals surface area contributed by atoms with Crippen LogP contribution in [-0.4, -0.2) is 40.3 Å². The highest BCUT2D eigenvalue weighted by molar-refractivity contribution is 5.57. The van der Waals surface area contributed by atoms with Crippen molar-refractivity contribution in [3.63, 3.8) is 0 Å². The Balaban J connectivity index is 2.19. The maximum atomic E-state index is 8.83. The molecule has 118 valence electrons. The maximum absolute atomic E-state index is 8.83. The van der Waals surface area contributed by atoms with E-state index in [4.69, 9.17) is 5.11 Å². The molecule has 1 aromatic heterocycles. The van der Waals surface area contributed by atoms with E-state index < -0.39 is 0 Å². The van der Waals surface area contributed by atoms with Gasteiger partial charge in [-0.05, 0) is 43.5 Å². The summed E-state index contributed by atoms with van der Waals surface area (Å²) in [7, 11) is 1.76. The predicted octanol–water partition coefficient (Wildman–Crippen LogP) is 2.07. The Bertz CT molecular complexity index is 611. The second-order valence-electron chi connectivity index (χ2n) is 5.06. The number of hydrogen-bond donors (Lipinski definition) is 4. The SMILES string of the molecule is CNc1nc(NCCCO)nc(Nc2cc(C)cc(C)c2)n1. The standard InChI is InChI=1S/C15H22N6O/c1-10-7-11(2)9-12(8-10)18-15-20-13(16-3)19-14(21-15)17-5-4-6-22/h7-9,22H,4-6H2,1-3H3,(H3,16,17,18,19,20,21). The summed E-state index contributed by atoms with van der Waals surface area (Å²) in [4.78, 5) is 12.9. The van der Waals surface area contributed by atoms with Crippen LogP contribution >= 0.6 is 0 Å². The van der Waals surface area contributed by atoms with Crippen LogP contribution in [-0.2, 0) is 0 Å². The highest BCUT2D eigenvalue weighted by atomic mass is 16.3. The fraction of sp³-hybridized carbons (Fsp3) is 0.400. The van der Waals surface area contributed by atoms with E-state index >= 15 is 0 Å². The van der Waals surface area contributed by atoms with Crippen LogP contribution in [0.5, 0.6) is 0 Å². The number of nitrogens with one attached hydrogen (secondary N) is 3. The fourth-order valence-corrected chi connectivity index (χ4v) is 2.08. The molecule has 7 heteroatoms. The van der Waals surface area contributed by atoms with E-state index in [9.17, 15) is 0 Å². The van der Waals surface area contributed by atoms with Gasteiger partial charge in [0, 0.05) is 25.9 Å². The molecular weight excluding hydrogens is 280 g/mol. The third-order valence-corrected chi connectivity index (χ3v) is 2.95. The van der Waals surface area contributed by atoms with Gasteiger partial charge >= 0.3 is 0 Å². The highest BCUT2D eigenvalue weighted by Gasteiger charge is 2.06. The Morgan fingerprint density at radius 1 is 0.955 bits per heavy atom. The minimum Gasteiger partial charge on any atom is -0.396 e. The van der Waals surface area contributed by atoms with Crippen molar-refractivity contribution in [2.75, 3.05) is 36.1 Å². The molecule has 0 saturated carbocycles. The summed E-state index contributed by atoms with van der Waals surface area (Å²) < 4.78 is 0. The van der Waals surface area contributed by atoms with Gasteiger partial charge in [-0.1, -0.05) is 6.07 Å². The number of aryl methyl sites for hydroxylation is 2. The molecule has 0 atom stereocenters. The fourth-order valence-electron chi connectivity index (χ4n) is 2.08. The molecule has 0 aliphatic carbocycles. The number of rotatable bonds is 7. The first-order chi connectivity index (χ1) is 10.6. The molecule has 22 heavy (non-hydrogen) atoms. The first kappa shape index (κ1) is 16.0. The van der Waals surface area contributed by atoms with E-state index in [0.717, 1.165) is 5.69 Å². The molecule has 0 unspecified atom stereocenters. The van der Waals surface area contributed by atoms with Crippen LogP contribution in [0.15, 0.2) is 18.2 Å². The summed E-state index contributed by atoms with van der Waals surface area (Å²) >= 11 is 0. The second kappa shape index (κ2) is 7.56. The quantitative estimate of drug-likeness (QED) is 0.581. The zero-order chi connectivity index (χ0) is 15.9. The van der Waals surface area contributed by atoms with Gasteiger partial charge in [0.15, 0.2) is 0 Å². The summed E-state index contributed by atoms with van der Waals surface area (Å²) in [6.07, 6.45) is 0.639. The molecule has 0 radical (unpaired) electrons. The molecule has 2 rings (SSSR count). The summed E-state index contributed by atoms with van der Waals surface area (Å²) in [5.74, 6) is 1.42. The molecule has 0 amide bonds. The molecule has 0 saturated heterocycles. The van der Waals surface area contributed by atoms with E-state index in [1.54, 1.807) is 7.05 Å². The maximum Gasteiger partial charge on any atom is 0.233 e. The van der Waals surface area contributed by atoms with Gasteiger partial charge in [-0.25, -0.2) is 0 Å². The predicted molar refractivity (Wildman–Crippen MR) is 88.8 cm³/mol. The molecule has 0 aliphatic rings. The van der Waals surface area contributed by atoms with Gasteiger partial charge in [0.2, 0.25) is 17.8 Å². The molecule has 0 spiro atoms. The minimum atomic E-state index is 0.130. The van der Waals surface area contributed by atoms with Crippen molar-refractivity contribution in [1.29, 1.82) is 0 Å². The Hall–Kier alpha value is -2.41. The van der Waals surface area contributed by atoms with Crippen molar-refractivity contribution >= 4 is 23.5 Å². The van der Waals surface area contributed by atoms with Crippen molar-refractivity contribution in [1.82, 2.24) is 15.0 Å². The first-order valence-electron chi connectivity index (χ1n) is 7.24. The van der Waals surface area contributed by atoms with Crippen LogP contribution in [0, 0.1) is 13.8 Å². The molecule has 1 heterocycles. The summed E-state index contributed by atoms with van der Waals surface area (Å²) in [5.41, 5.74) is 3.28. The van der Waals surface area contributed by atoms with Crippen LogP contribution in [0.3, 0.4) is 0 Å². The third kappa shape index (κ3) is 4.56. The van der Waals surface area contributed by atoms with Crippen LogP contribution in [0.25, 0.3) is 0 Å². The average Bonchev–Trinajstić information content (AvgIpc) is 2.46. The Labute approximate surface area is 130 Å². The van der Waals surface area contributed by atoms with Crippen LogP contribution in [0.2, 0.25) is 0 Å². The number of aromatic nitrogens is 3. The molecule has 4 N–H and O–H groups in total. The van der Waals surface area contributed by atoms with E-state index in [2.05, 4.69) is 37.0 Å². The summed E-state index contributed by atoms with van der Waals surface area (Å²) in [6.45, 7) is 4.83. The van der Waals surface area contributed by atoms with Crippen LogP contribution in [0.1, 0.15) is 17.5 Å². The van der Waals surface area contributed by atoms with Gasteiger partial charge in [0.1, 0.15) is 0 Å². The zero-order valence-electron chi connectivity index (χ0n) is 13.1. The summed E-state index contributed by atoms with van der Waals surface area (Å²) in [6, 6.07) is 6.18. The van der Waals surface area contributed by atoms with Gasteiger partial charge in [0.05, 0.1) is 0 Å². The highest BCUT2D eigenvalue weighted by Crippen LogP contribution is 2.18. The molecular formula is C15H22N6O. The zero-order valence-corrected chi connectivity index (χ0v) is 13.1. The van der Waals surface area contributed by atoms with Gasteiger partial charge in [-0.3, -0.25) is 0 Å². The lowest BCUT2D eigenvalue weighted by Crippen LogP contribution is -2.11. The lowest BCUT2D eigenvalue weighted by Gasteiger charge is -2.10. The Morgan fingerprint density at radius 3 is 2.23 bits per heavy atom. The van der Waals surface area contributed by atoms with E-state index in [0.29, 0.717) is 30.8 Å². The van der Waals surface area contributed by atoms with Crippen molar-refractivity contribution in [2.24, 2.45) is 0 Å². The van der Waals surface area contributed by atoms with Crippen molar-refractivity contribution in [3.05, 3.63) is 29.3 Å². The minimum absolute atomic E-state index is 0.130. The van der Waals surface area contributed by atoms with Crippen molar-refractivity contribution in [2.45, 2.75) is 20.3 Å². The molecule has 7 nitrogen and oxygen atoms in total. The van der Waals surface area contributed by atoms with Gasteiger partial charge in [0.25, 0.3) is 0 Å². The third-order valence-electron chi connectivity index (χ3n) is 2.95. The topological polar surface area (TPSA) is 95.0 Å². The Kier molecular flexibility index (Phi) is 5.48. The molecule has 2 aromatic rings. The first-order valence-corrected chi connectivity index (χ1v) is 7.24. The number of aliphatic hydroxyl groups excluding tert-OH is 1. The van der Waals surface area contributed by atoms with E-state index in [1.165, 1.54) is 11.1 Å². The molecule has 1 aromatic carbocycles. The van der Waals surface area contributed by atoms with E-state index in [-0.39, 0.29) is 6.61 Å². The lowest BCUT2D eigenvalue weighted by atomic mass is 10.1.